The predicted molar refractivity (Wildman–Crippen MR) is 123 cm³/mol. The first-order chi connectivity index (χ1) is 15.0. The van der Waals surface area contributed by atoms with E-state index < -0.39 is 0 Å². The number of aromatic nitrogens is 2. The van der Waals surface area contributed by atoms with Crippen LogP contribution in [0.3, 0.4) is 0 Å². The molecular weight excluding hydrogens is 390 g/mol. The number of benzene rings is 2. The van der Waals surface area contributed by atoms with E-state index in [0.29, 0.717) is 32.0 Å². The Labute approximate surface area is 184 Å². The zero-order valence-corrected chi connectivity index (χ0v) is 18.7. The SMILES string of the molecule is CCOCCOCc1cccc(NC(=O)c2cnn(-c3ccc(C)cc3)c2C(C)C)c1. The monoisotopic (exact) mass is 421 g/mol. The molecule has 0 atom stereocenters. The van der Waals surface area contributed by atoms with Crippen molar-refractivity contribution in [3.63, 3.8) is 0 Å². The number of nitrogens with one attached hydrogen (secondary N) is 1. The highest BCUT2D eigenvalue weighted by Crippen LogP contribution is 2.24. The van der Waals surface area contributed by atoms with E-state index in [0.717, 1.165) is 22.6 Å². The number of rotatable bonds is 10. The Morgan fingerprint density at radius 1 is 1.10 bits per heavy atom. The molecule has 0 aliphatic rings. The second-order valence-corrected chi connectivity index (χ2v) is 7.75. The largest absolute Gasteiger partial charge is 0.379 e. The Kier molecular flexibility index (Phi) is 7.98. The first-order valence-corrected chi connectivity index (χ1v) is 10.7. The number of ether oxygens (including phenoxy) is 2. The number of aryl methyl sites for hydroxylation is 1. The molecule has 6 nitrogen and oxygen atoms in total. The number of nitrogens with zero attached hydrogens (tertiary/aromatic N) is 2. The quantitative estimate of drug-likeness (QED) is 0.462. The molecule has 2 aromatic carbocycles. The highest BCUT2D eigenvalue weighted by atomic mass is 16.5. The second kappa shape index (κ2) is 10.9. The van der Waals surface area contributed by atoms with Crippen molar-refractivity contribution in [2.24, 2.45) is 0 Å². The normalized spacial score (nSPS) is 11.1. The lowest BCUT2D eigenvalue weighted by molar-refractivity contribution is 0.0453. The van der Waals surface area contributed by atoms with Crippen molar-refractivity contribution < 1.29 is 14.3 Å². The van der Waals surface area contributed by atoms with E-state index in [1.54, 1.807) is 6.20 Å². The molecule has 3 rings (SSSR count). The number of amides is 1. The number of carbonyl (C=O) groups is 1. The summed E-state index contributed by atoms with van der Waals surface area (Å²) in [7, 11) is 0. The molecule has 0 unspecified atom stereocenters. The van der Waals surface area contributed by atoms with E-state index in [-0.39, 0.29) is 11.8 Å². The van der Waals surface area contributed by atoms with Crippen LogP contribution in [0.25, 0.3) is 5.69 Å². The maximum Gasteiger partial charge on any atom is 0.259 e. The maximum atomic E-state index is 13.1. The van der Waals surface area contributed by atoms with Gasteiger partial charge in [0.25, 0.3) is 5.91 Å². The van der Waals surface area contributed by atoms with E-state index in [4.69, 9.17) is 9.47 Å². The Hall–Kier alpha value is -2.96. The minimum atomic E-state index is -0.170. The number of carbonyl (C=O) groups excluding carboxylic acids is 1. The average Bonchev–Trinajstić information content (AvgIpc) is 3.20. The van der Waals surface area contributed by atoms with Crippen molar-refractivity contribution in [3.05, 3.63) is 77.1 Å². The van der Waals surface area contributed by atoms with Crippen LogP contribution in [0.2, 0.25) is 0 Å². The predicted octanol–water partition coefficient (Wildman–Crippen LogP) is 5.11. The van der Waals surface area contributed by atoms with Crippen LogP contribution in [0.1, 0.15) is 53.9 Å². The molecule has 0 spiro atoms. The molecule has 31 heavy (non-hydrogen) atoms. The smallest absolute Gasteiger partial charge is 0.259 e. The molecule has 0 bridgehead atoms. The zero-order valence-electron chi connectivity index (χ0n) is 18.7. The van der Waals surface area contributed by atoms with Gasteiger partial charge in [0, 0.05) is 12.3 Å². The summed E-state index contributed by atoms with van der Waals surface area (Å²) in [5.41, 5.74) is 5.31. The molecule has 1 heterocycles. The molecule has 0 saturated carbocycles. The van der Waals surface area contributed by atoms with Gasteiger partial charge in [0.15, 0.2) is 0 Å². The molecular formula is C25H31N3O3. The number of hydrogen-bond donors (Lipinski definition) is 1. The molecule has 0 aliphatic heterocycles. The van der Waals surface area contributed by atoms with Crippen LogP contribution in [0, 0.1) is 6.92 Å². The van der Waals surface area contributed by atoms with Gasteiger partial charge in [-0.05, 0) is 49.6 Å². The van der Waals surface area contributed by atoms with Crippen LogP contribution < -0.4 is 5.32 Å². The summed E-state index contributed by atoms with van der Waals surface area (Å²) in [6.45, 7) is 10.4. The summed E-state index contributed by atoms with van der Waals surface area (Å²) in [5, 5.41) is 7.51. The number of anilines is 1. The Bertz CT molecular complexity index is 994. The van der Waals surface area contributed by atoms with Gasteiger partial charge in [-0.1, -0.05) is 43.7 Å². The van der Waals surface area contributed by atoms with Crippen molar-refractivity contribution in [1.29, 1.82) is 0 Å². The molecule has 1 aromatic heterocycles. The second-order valence-electron chi connectivity index (χ2n) is 7.75. The highest BCUT2D eigenvalue weighted by Gasteiger charge is 2.21. The summed E-state index contributed by atoms with van der Waals surface area (Å²) in [6.07, 6.45) is 1.64. The van der Waals surface area contributed by atoms with Crippen LogP contribution in [0.15, 0.2) is 54.7 Å². The van der Waals surface area contributed by atoms with Crippen LogP contribution in [-0.4, -0.2) is 35.5 Å². The Balaban J connectivity index is 1.73. The first-order valence-electron chi connectivity index (χ1n) is 10.7. The van der Waals surface area contributed by atoms with Crippen LogP contribution in [0.4, 0.5) is 5.69 Å². The van der Waals surface area contributed by atoms with Crippen LogP contribution in [-0.2, 0) is 16.1 Å². The third kappa shape index (κ3) is 6.03. The van der Waals surface area contributed by atoms with E-state index in [9.17, 15) is 4.79 Å². The van der Waals surface area contributed by atoms with E-state index in [1.807, 2.05) is 67.1 Å². The molecule has 6 heteroatoms. The van der Waals surface area contributed by atoms with Gasteiger partial charge in [-0.3, -0.25) is 4.79 Å². The molecule has 3 aromatic rings. The Morgan fingerprint density at radius 2 is 1.84 bits per heavy atom. The molecule has 1 N–H and O–H groups in total. The maximum absolute atomic E-state index is 13.1. The lowest BCUT2D eigenvalue weighted by Gasteiger charge is -2.13. The van der Waals surface area contributed by atoms with Gasteiger partial charge >= 0.3 is 0 Å². The van der Waals surface area contributed by atoms with Crippen molar-refractivity contribution >= 4 is 11.6 Å². The molecule has 0 saturated heterocycles. The molecule has 1 amide bonds. The van der Waals surface area contributed by atoms with E-state index >= 15 is 0 Å². The van der Waals surface area contributed by atoms with Gasteiger partial charge in [0.1, 0.15) is 0 Å². The molecule has 0 radical (unpaired) electrons. The van der Waals surface area contributed by atoms with Gasteiger partial charge in [-0.15, -0.1) is 0 Å². The van der Waals surface area contributed by atoms with Crippen molar-refractivity contribution in [1.82, 2.24) is 9.78 Å². The molecule has 0 aliphatic carbocycles. The fourth-order valence-corrected chi connectivity index (χ4v) is 3.37. The van der Waals surface area contributed by atoms with Crippen molar-refractivity contribution in [2.75, 3.05) is 25.1 Å². The summed E-state index contributed by atoms with van der Waals surface area (Å²) in [5.74, 6) is -0.0360. The lowest BCUT2D eigenvalue weighted by Crippen LogP contribution is -2.15. The van der Waals surface area contributed by atoms with Crippen molar-refractivity contribution in [2.45, 2.75) is 40.2 Å². The standard InChI is InChI=1S/C25H31N3O3/c1-5-30-13-14-31-17-20-7-6-8-21(15-20)27-25(29)23-16-26-28(24(23)18(2)3)22-11-9-19(4)10-12-22/h6-12,15-16,18H,5,13-14,17H2,1-4H3,(H,27,29). The molecule has 0 fully saturated rings. The Morgan fingerprint density at radius 3 is 2.55 bits per heavy atom. The number of hydrogen-bond acceptors (Lipinski definition) is 4. The van der Waals surface area contributed by atoms with Gasteiger partial charge in [0.2, 0.25) is 0 Å². The summed E-state index contributed by atoms with van der Waals surface area (Å²) >= 11 is 0. The summed E-state index contributed by atoms with van der Waals surface area (Å²) in [4.78, 5) is 13.1. The fraction of sp³-hybridized carbons (Fsp3) is 0.360. The molecule has 164 valence electrons. The highest BCUT2D eigenvalue weighted by molar-refractivity contribution is 6.05. The van der Waals surface area contributed by atoms with Gasteiger partial charge in [-0.2, -0.15) is 5.10 Å². The van der Waals surface area contributed by atoms with E-state index in [1.165, 1.54) is 5.56 Å². The van der Waals surface area contributed by atoms with Crippen molar-refractivity contribution in [3.8, 4) is 5.69 Å². The minimum Gasteiger partial charge on any atom is -0.379 e. The summed E-state index contributed by atoms with van der Waals surface area (Å²) < 4.78 is 12.8. The van der Waals surface area contributed by atoms with Gasteiger partial charge < -0.3 is 14.8 Å². The average molecular weight is 422 g/mol. The minimum absolute atomic E-state index is 0.134. The fourth-order valence-electron chi connectivity index (χ4n) is 3.37. The third-order valence-corrected chi connectivity index (χ3v) is 4.91. The first kappa shape index (κ1) is 22.7. The summed E-state index contributed by atoms with van der Waals surface area (Å²) in [6, 6.07) is 15.8. The van der Waals surface area contributed by atoms with Crippen LogP contribution >= 0.6 is 0 Å². The van der Waals surface area contributed by atoms with E-state index in [2.05, 4.69) is 24.3 Å². The van der Waals surface area contributed by atoms with Crippen LogP contribution in [0.5, 0.6) is 0 Å². The van der Waals surface area contributed by atoms with Gasteiger partial charge in [-0.25, -0.2) is 4.68 Å². The topological polar surface area (TPSA) is 65.4 Å². The third-order valence-electron chi connectivity index (χ3n) is 4.91. The lowest BCUT2D eigenvalue weighted by atomic mass is 10.0. The zero-order chi connectivity index (χ0) is 22.2. The van der Waals surface area contributed by atoms with Gasteiger partial charge in [0.05, 0.1) is 43.0 Å².